The van der Waals surface area contributed by atoms with Crippen molar-refractivity contribution < 1.29 is 59.8 Å². The fourth-order valence-corrected chi connectivity index (χ4v) is 6.95. The fourth-order valence-electron chi connectivity index (χ4n) is 6.95. The Morgan fingerprint density at radius 2 is 0.875 bits per heavy atom. The first-order chi connectivity index (χ1) is 22.7. The van der Waals surface area contributed by atoms with Gasteiger partial charge in [-0.1, -0.05) is 0 Å². The highest BCUT2D eigenvalue weighted by atomic mass is 16.7. The number of nitrogens with two attached hydrogens (primary N) is 6. The molecule has 4 aliphatic rings. The lowest BCUT2D eigenvalue weighted by Crippen LogP contribution is -2.67. The third-order valence-electron chi connectivity index (χ3n) is 10.1. The molecule has 20 nitrogen and oxygen atoms in total. The van der Waals surface area contributed by atoms with Gasteiger partial charge in [0.05, 0.1) is 24.3 Å². The van der Waals surface area contributed by atoms with Crippen LogP contribution in [-0.2, 0) is 18.9 Å². The van der Waals surface area contributed by atoms with Crippen LogP contribution in [0.1, 0.15) is 25.7 Å². The Kier molecular flexibility index (Phi) is 14.7. The smallest absolute Gasteiger partial charge is 0.176 e. The molecule has 0 spiro atoms. The third kappa shape index (κ3) is 8.80. The zero-order valence-electron chi connectivity index (χ0n) is 26.9. The van der Waals surface area contributed by atoms with Gasteiger partial charge in [-0.05, 0) is 38.8 Å². The monoisotopic (exact) mass is 698 g/mol. The third-order valence-corrected chi connectivity index (χ3v) is 10.1. The highest BCUT2D eigenvalue weighted by Gasteiger charge is 2.50. The minimum absolute atomic E-state index is 0.0953. The van der Waals surface area contributed by atoms with Crippen molar-refractivity contribution in [3.05, 3.63) is 0 Å². The van der Waals surface area contributed by atoms with Gasteiger partial charge in [-0.2, -0.15) is 0 Å². The molecule has 22 N–H and O–H groups in total. The first kappa shape index (κ1) is 40.0. The van der Waals surface area contributed by atoms with Gasteiger partial charge >= 0.3 is 0 Å². The Hall–Kier alpha value is -0.800. The first-order valence-corrected chi connectivity index (χ1v) is 16.7. The van der Waals surface area contributed by atoms with Crippen LogP contribution in [0.25, 0.3) is 0 Å². The van der Waals surface area contributed by atoms with Gasteiger partial charge in [0, 0.05) is 37.3 Å². The predicted octanol–water partition coefficient (Wildman–Crippen LogP) is -9.18. The van der Waals surface area contributed by atoms with E-state index in [-0.39, 0.29) is 25.9 Å². The molecule has 282 valence electrons. The van der Waals surface area contributed by atoms with Crippen molar-refractivity contribution in [3.8, 4) is 0 Å². The molecule has 2 aliphatic heterocycles. The van der Waals surface area contributed by atoms with Gasteiger partial charge in [0.1, 0.15) is 61.0 Å². The lowest BCUT2D eigenvalue weighted by atomic mass is 9.83. The maximum atomic E-state index is 10.8. The molecule has 2 saturated carbocycles. The van der Waals surface area contributed by atoms with E-state index in [9.17, 15) is 40.9 Å². The molecular weight excluding hydrogens is 640 g/mol. The van der Waals surface area contributed by atoms with E-state index in [1.54, 1.807) is 0 Å². The van der Waals surface area contributed by atoms with Gasteiger partial charge in [-0.25, -0.2) is 0 Å². The summed E-state index contributed by atoms with van der Waals surface area (Å²) in [6.07, 6.45) is -15.1. The summed E-state index contributed by atoms with van der Waals surface area (Å²) in [5.41, 5.74) is 35.7. The maximum absolute atomic E-state index is 10.8. The van der Waals surface area contributed by atoms with Gasteiger partial charge in [0.25, 0.3) is 0 Å². The summed E-state index contributed by atoms with van der Waals surface area (Å²) in [5, 5.41) is 90.3. The standard InChI is InChI=1S/C28H58N8O12/c29-7-13-19(39)21(41)15(33)27(45-13)47-25-9(31)5-11(17(37)23(25)43)35-3-1-2-4-36-12-6-10(32)26(24(44)18(12)38)48-28-16(34)22(42)20(40)14(8-30)46-28/h9-28,35-44H,1-8,29-34H2/t9?,10?,11?,12?,13-,14+,15-,16+,17?,18?,19-,20+,21+,22-,23?,24?,25?,26?,27-,28+. The van der Waals surface area contributed by atoms with Crippen LogP contribution in [0.4, 0.5) is 0 Å². The number of rotatable bonds is 13. The summed E-state index contributed by atoms with van der Waals surface area (Å²) >= 11 is 0. The Bertz CT molecular complexity index is 907. The summed E-state index contributed by atoms with van der Waals surface area (Å²) < 4.78 is 22.8. The molecule has 0 aromatic carbocycles. The largest absolute Gasteiger partial charge is 0.389 e. The van der Waals surface area contributed by atoms with Crippen molar-refractivity contribution >= 4 is 0 Å². The lowest BCUT2D eigenvalue weighted by Gasteiger charge is -2.46. The van der Waals surface area contributed by atoms with Gasteiger partial charge in [0.15, 0.2) is 12.6 Å². The van der Waals surface area contributed by atoms with Crippen LogP contribution in [0.3, 0.4) is 0 Å². The van der Waals surface area contributed by atoms with Crippen LogP contribution in [0.15, 0.2) is 0 Å². The summed E-state index contributed by atoms with van der Waals surface area (Å²) in [4.78, 5) is 0. The first-order valence-electron chi connectivity index (χ1n) is 16.7. The highest BCUT2D eigenvalue weighted by Crippen LogP contribution is 2.29. The van der Waals surface area contributed by atoms with E-state index in [1.807, 2.05) is 0 Å². The molecule has 2 aliphatic carbocycles. The van der Waals surface area contributed by atoms with Gasteiger partial charge in [-0.3, -0.25) is 0 Å². The van der Waals surface area contributed by atoms with Gasteiger partial charge in [0.2, 0.25) is 0 Å². The van der Waals surface area contributed by atoms with Crippen LogP contribution in [0.2, 0.25) is 0 Å². The van der Waals surface area contributed by atoms with Crippen molar-refractivity contribution in [2.24, 2.45) is 34.4 Å². The number of unbranched alkanes of at least 4 members (excludes halogenated alkanes) is 1. The molecule has 0 bridgehead atoms. The van der Waals surface area contributed by atoms with Crippen LogP contribution >= 0.6 is 0 Å². The number of nitrogens with one attached hydrogen (secondary N) is 2. The SMILES string of the molecule is NC[C@@H]1O[C@@H](OC2C(N)CC(NCCCCNC3CC(N)C(O[C@H]4O[C@H](CN)[C@@H](O)[C@@H](O)[C@H]4N)C(O)C3O)C(O)C2O)[C@@H](N)[C@@H](O)[C@H]1O. The second-order valence-corrected chi connectivity index (χ2v) is 13.5. The molecule has 48 heavy (non-hydrogen) atoms. The Labute approximate surface area is 279 Å². The number of aliphatic hydroxyl groups is 8. The van der Waals surface area contributed by atoms with E-state index in [2.05, 4.69) is 10.6 Å². The minimum Gasteiger partial charge on any atom is -0.389 e. The molecule has 2 heterocycles. The molecule has 0 radical (unpaired) electrons. The molecule has 10 unspecified atom stereocenters. The fraction of sp³-hybridized carbons (Fsp3) is 1.00. The quantitative estimate of drug-likeness (QED) is 0.0794. The molecule has 2 saturated heterocycles. The molecular formula is C28H58N8O12. The second kappa shape index (κ2) is 17.6. The molecule has 0 aromatic rings. The Morgan fingerprint density at radius 1 is 0.521 bits per heavy atom. The zero-order chi connectivity index (χ0) is 35.4. The van der Waals surface area contributed by atoms with Crippen molar-refractivity contribution in [2.75, 3.05) is 26.2 Å². The van der Waals surface area contributed by atoms with Crippen molar-refractivity contribution in [3.63, 3.8) is 0 Å². The Balaban J connectivity index is 1.17. The molecule has 4 fully saturated rings. The zero-order valence-corrected chi connectivity index (χ0v) is 26.9. The van der Waals surface area contributed by atoms with Crippen LogP contribution in [0.5, 0.6) is 0 Å². The van der Waals surface area contributed by atoms with E-state index in [0.717, 1.165) is 0 Å². The van der Waals surface area contributed by atoms with Crippen molar-refractivity contribution in [1.29, 1.82) is 0 Å². The average Bonchev–Trinajstić information content (AvgIpc) is 3.06. The normalized spacial score (nSPS) is 50.4. The van der Waals surface area contributed by atoms with E-state index in [4.69, 9.17) is 53.3 Å². The molecule has 20 atom stereocenters. The summed E-state index contributed by atoms with van der Waals surface area (Å²) in [6.45, 7) is 0.763. The number of ether oxygens (including phenoxy) is 4. The summed E-state index contributed by atoms with van der Waals surface area (Å²) in [5.74, 6) is 0. The second-order valence-electron chi connectivity index (χ2n) is 13.5. The number of hydrogen-bond acceptors (Lipinski definition) is 20. The topological polar surface area (TPSA) is 379 Å². The van der Waals surface area contributed by atoms with E-state index < -0.39 is 122 Å². The van der Waals surface area contributed by atoms with Crippen LogP contribution < -0.4 is 45.0 Å². The van der Waals surface area contributed by atoms with Crippen molar-refractivity contribution in [2.45, 2.75) is 148 Å². The number of hydrogen-bond donors (Lipinski definition) is 16. The van der Waals surface area contributed by atoms with Crippen LogP contribution in [-0.4, -0.2) is 189 Å². The molecule has 20 heteroatoms. The summed E-state index contributed by atoms with van der Waals surface area (Å²) in [6, 6.07) is -4.76. The van der Waals surface area contributed by atoms with Crippen molar-refractivity contribution in [1.82, 2.24) is 10.6 Å². The maximum Gasteiger partial charge on any atom is 0.176 e. The van der Waals surface area contributed by atoms with Crippen LogP contribution in [0, 0.1) is 0 Å². The highest BCUT2D eigenvalue weighted by molar-refractivity contribution is 5.02. The predicted molar refractivity (Wildman–Crippen MR) is 167 cm³/mol. The average molecular weight is 699 g/mol. The molecule has 0 aromatic heterocycles. The van der Waals surface area contributed by atoms with E-state index >= 15 is 0 Å². The summed E-state index contributed by atoms with van der Waals surface area (Å²) in [7, 11) is 0. The Morgan fingerprint density at radius 3 is 1.21 bits per heavy atom. The lowest BCUT2D eigenvalue weighted by molar-refractivity contribution is -0.288. The van der Waals surface area contributed by atoms with Gasteiger partial charge in [-0.15, -0.1) is 0 Å². The van der Waals surface area contributed by atoms with E-state index in [0.29, 0.717) is 25.9 Å². The van der Waals surface area contributed by atoms with E-state index in [1.165, 1.54) is 0 Å². The molecule has 0 amide bonds. The molecule has 4 rings (SSSR count). The number of aliphatic hydroxyl groups excluding tert-OH is 8. The van der Waals surface area contributed by atoms with Gasteiger partial charge < -0.3 is 105 Å². The minimum atomic E-state index is -1.39.